The molecular formula is C24H27N5O4. The largest absolute Gasteiger partial charge is 0.387 e. The van der Waals surface area contributed by atoms with Gasteiger partial charge in [-0.25, -0.2) is 4.99 Å². The minimum Gasteiger partial charge on any atom is -0.387 e. The van der Waals surface area contributed by atoms with Crippen molar-refractivity contribution in [3.05, 3.63) is 59.2 Å². The summed E-state index contributed by atoms with van der Waals surface area (Å²) in [6.45, 7) is 1.64. The molecule has 1 saturated heterocycles. The first-order valence-electron chi connectivity index (χ1n) is 10.8. The highest BCUT2D eigenvalue weighted by Gasteiger charge is 2.22. The maximum atomic E-state index is 12.7. The fraction of sp³-hybridized carbons (Fsp3) is 0.292. The smallest absolute Gasteiger partial charge is 0.275 e. The lowest BCUT2D eigenvalue weighted by Crippen LogP contribution is -2.34. The number of likely N-dealkylation sites (tertiary alicyclic amines) is 1. The Bertz CT molecular complexity index is 1120. The van der Waals surface area contributed by atoms with Gasteiger partial charge in [-0.15, -0.1) is 0 Å². The summed E-state index contributed by atoms with van der Waals surface area (Å²) in [7, 11) is 2.66. The number of carbonyl (C=O) groups excluding carboxylic acids is 2. The van der Waals surface area contributed by atoms with Crippen LogP contribution in [-0.4, -0.2) is 65.2 Å². The van der Waals surface area contributed by atoms with E-state index in [1.54, 1.807) is 6.08 Å². The normalized spacial score (nSPS) is 15.6. The van der Waals surface area contributed by atoms with E-state index in [0.717, 1.165) is 47.7 Å². The Morgan fingerprint density at radius 3 is 2.39 bits per heavy atom. The van der Waals surface area contributed by atoms with Crippen LogP contribution in [0.4, 0.5) is 5.69 Å². The number of aliphatic imine (C=N–C) groups is 1. The molecule has 0 unspecified atom stereocenters. The van der Waals surface area contributed by atoms with Crippen LogP contribution in [0, 0.1) is 0 Å². The predicted octanol–water partition coefficient (Wildman–Crippen LogP) is 2.99. The van der Waals surface area contributed by atoms with Crippen molar-refractivity contribution in [2.45, 2.75) is 19.3 Å². The van der Waals surface area contributed by atoms with Gasteiger partial charge in [0.15, 0.2) is 0 Å². The molecule has 9 nitrogen and oxygen atoms in total. The molecule has 0 bridgehead atoms. The topological polar surface area (TPSA) is 112 Å². The predicted molar refractivity (Wildman–Crippen MR) is 124 cm³/mol. The van der Waals surface area contributed by atoms with E-state index in [-0.39, 0.29) is 12.3 Å². The second-order valence-corrected chi connectivity index (χ2v) is 8.15. The summed E-state index contributed by atoms with van der Waals surface area (Å²) in [6.07, 6.45) is 4.00. The van der Waals surface area contributed by atoms with Crippen molar-refractivity contribution in [3.8, 4) is 11.1 Å². The van der Waals surface area contributed by atoms with E-state index in [1.165, 1.54) is 14.1 Å². The zero-order chi connectivity index (χ0) is 23.5. The lowest BCUT2D eigenvalue weighted by atomic mass is 10.00. The maximum Gasteiger partial charge on any atom is 0.275 e. The van der Waals surface area contributed by atoms with Crippen LogP contribution in [0.1, 0.15) is 35.2 Å². The van der Waals surface area contributed by atoms with Crippen LogP contribution in [-0.2, 0) is 9.73 Å². The minimum atomic E-state index is -0.441. The van der Waals surface area contributed by atoms with Gasteiger partial charge in [0.1, 0.15) is 5.84 Å². The highest BCUT2D eigenvalue weighted by Crippen LogP contribution is 2.32. The summed E-state index contributed by atoms with van der Waals surface area (Å²) >= 11 is 0. The van der Waals surface area contributed by atoms with Crippen LogP contribution in [0.5, 0.6) is 0 Å². The molecule has 0 saturated carbocycles. The zero-order valence-corrected chi connectivity index (χ0v) is 18.7. The van der Waals surface area contributed by atoms with Gasteiger partial charge in [-0.3, -0.25) is 14.8 Å². The Hall–Kier alpha value is -3.53. The number of hydroxylamine groups is 4. The monoisotopic (exact) mass is 449 g/mol. The summed E-state index contributed by atoms with van der Waals surface area (Å²) in [5.41, 5.74) is 10.4. The van der Waals surface area contributed by atoms with Gasteiger partial charge in [0.25, 0.3) is 11.8 Å². The van der Waals surface area contributed by atoms with Gasteiger partial charge in [0.05, 0.1) is 5.69 Å². The molecule has 4 rings (SSSR count). The summed E-state index contributed by atoms with van der Waals surface area (Å²) in [5.74, 6) is -0.0749. The number of rotatable bonds is 5. The molecule has 2 amide bonds. The Morgan fingerprint density at radius 1 is 1.06 bits per heavy atom. The van der Waals surface area contributed by atoms with Crippen molar-refractivity contribution in [1.29, 1.82) is 0 Å². The van der Waals surface area contributed by atoms with Crippen LogP contribution in [0.3, 0.4) is 0 Å². The maximum absolute atomic E-state index is 12.7. The van der Waals surface area contributed by atoms with Crippen molar-refractivity contribution >= 4 is 29.4 Å². The van der Waals surface area contributed by atoms with E-state index in [4.69, 9.17) is 10.7 Å². The highest BCUT2D eigenvalue weighted by atomic mass is 17.0. The summed E-state index contributed by atoms with van der Waals surface area (Å²) < 4.78 is 0. The third kappa shape index (κ3) is 5.11. The van der Waals surface area contributed by atoms with Crippen molar-refractivity contribution in [2.24, 2.45) is 10.7 Å². The average Bonchev–Trinajstić information content (AvgIpc) is 3.27. The standard InChI is InChI=1S/C24H27N5O4/c1-27(33-28(2)32)23(30)20-13-19-10-9-18(14-21(19)26-22(25)15-20)16-5-7-17(8-6-16)24(31)29-11-3-4-12-29/h5-10,13-14,32H,3-4,11-12,15H2,1-2H3,(H2,25,26). The fourth-order valence-corrected chi connectivity index (χ4v) is 4.03. The fourth-order valence-electron chi connectivity index (χ4n) is 4.03. The molecule has 0 radical (unpaired) electrons. The number of amidine groups is 1. The number of hydrogen-bond donors (Lipinski definition) is 2. The van der Waals surface area contributed by atoms with E-state index < -0.39 is 5.91 Å². The van der Waals surface area contributed by atoms with Gasteiger partial charge in [-0.2, -0.15) is 10.0 Å². The lowest BCUT2D eigenvalue weighted by molar-refractivity contribution is -0.406. The summed E-state index contributed by atoms with van der Waals surface area (Å²) in [6, 6.07) is 13.3. The number of likely N-dealkylation sites (N-methyl/N-ethyl adjacent to an activating group) is 1. The molecule has 2 aromatic rings. The van der Waals surface area contributed by atoms with Gasteiger partial charge in [-0.1, -0.05) is 24.3 Å². The molecular weight excluding hydrogens is 422 g/mol. The van der Waals surface area contributed by atoms with Gasteiger partial charge < -0.3 is 10.6 Å². The van der Waals surface area contributed by atoms with E-state index in [1.807, 2.05) is 47.4 Å². The molecule has 172 valence electrons. The molecule has 33 heavy (non-hydrogen) atoms. The third-order valence-corrected chi connectivity index (χ3v) is 5.66. The molecule has 0 aliphatic carbocycles. The van der Waals surface area contributed by atoms with E-state index in [2.05, 4.69) is 4.99 Å². The molecule has 3 N–H and O–H groups in total. The Kier molecular flexibility index (Phi) is 6.55. The molecule has 2 aliphatic rings. The van der Waals surface area contributed by atoms with Crippen molar-refractivity contribution in [1.82, 2.24) is 15.2 Å². The van der Waals surface area contributed by atoms with Crippen LogP contribution in [0.25, 0.3) is 17.2 Å². The number of amides is 2. The number of benzene rings is 2. The number of hydrogen-bond acceptors (Lipinski definition) is 7. The molecule has 1 fully saturated rings. The highest BCUT2D eigenvalue weighted by molar-refractivity contribution is 6.05. The molecule has 2 aromatic carbocycles. The first kappa shape index (κ1) is 22.7. The second kappa shape index (κ2) is 9.53. The van der Waals surface area contributed by atoms with E-state index in [0.29, 0.717) is 27.9 Å². The molecule has 2 heterocycles. The van der Waals surface area contributed by atoms with Crippen LogP contribution < -0.4 is 5.73 Å². The SMILES string of the molecule is CN(O)ON(C)C(=O)C1=Cc2ccc(-c3ccc(C(=O)N4CCCC4)cc3)cc2N=C(N)C1. The van der Waals surface area contributed by atoms with Gasteiger partial charge >= 0.3 is 0 Å². The second-order valence-electron chi connectivity index (χ2n) is 8.15. The molecule has 0 spiro atoms. The molecule has 0 aromatic heterocycles. The number of nitrogens with two attached hydrogens (primary N) is 1. The minimum absolute atomic E-state index is 0.0713. The molecule has 2 aliphatic heterocycles. The number of nitrogens with zero attached hydrogens (tertiary/aromatic N) is 4. The van der Waals surface area contributed by atoms with Gasteiger partial charge in [0, 0.05) is 50.3 Å². The van der Waals surface area contributed by atoms with Crippen molar-refractivity contribution in [2.75, 3.05) is 27.2 Å². The van der Waals surface area contributed by atoms with Crippen LogP contribution in [0.2, 0.25) is 0 Å². The van der Waals surface area contributed by atoms with E-state index >= 15 is 0 Å². The Morgan fingerprint density at radius 2 is 1.73 bits per heavy atom. The summed E-state index contributed by atoms with van der Waals surface area (Å²) in [4.78, 5) is 36.5. The zero-order valence-electron chi connectivity index (χ0n) is 18.7. The van der Waals surface area contributed by atoms with Gasteiger partial charge in [0.2, 0.25) is 0 Å². The van der Waals surface area contributed by atoms with E-state index in [9.17, 15) is 14.8 Å². The quantitative estimate of drug-likeness (QED) is 0.679. The third-order valence-electron chi connectivity index (χ3n) is 5.66. The Balaban J connectivity index is 1.58. The summed E-state index contributed by atoms with van der Waals surface area (Å²) in [5, 5.41) is 10.6. The Labute approximate surface area is 192 Å². The number of fused-ring (bicyclic) bond motifs is 1. The van der Waals surface area contributed by atoms with Crippen molar-refractivity contribution < 1.29 is 19.7 Å². The number of carbonyl (C=O) groups is 2. The van der Waals surface area contributed by atoms with Crippen LogP contribution in [0.15, 0.2) is 53.0 Å². The molecule has 9 heteroatoms. The first-order chi connectivity index (χ1) is 15.8. The van der Waals surface area contributed by atoms with Crippen molar-refractivity contribution in [3.63, 3.8) is 0 Å². The molecule has 0 atom stereocenters. The van der Waals surface area contributed by atoms with Gasteiger partial charge in [-0.05, 0) is 53.5 Å². The lowest BCUT2D eigenvalue weighted by Gasteiger charge is -2.19. The first-order valence-corrected chi connectivity index (χ1v) is 10.8. The van der Waals surface area contributed by atoms with Crippen LogP contribution >= 0.6 is 0 Å². The average molecular weight is 450 g/mol.